The van der Waals surface area contributed by atoms with Gasteiger partial charge in [0.25, 0.3) is 11.2 Å². The number of azo groups is 1. The number of rotatable bonds is 5. The monoisotopic (exact) mass is 346 g/mol. The lowest BCUT2D eigenvalue weighted by Gasteiger charge is -2.12. The van der Waals surface area contributed by atoms with E-state index in [4.69, 9.17) is 4.74 Å². The first-order valence-corrected chi connectivity index (χ1v) is 7.48. The SMILES string of the molecule is CCn1c(O)c(C)c(C)c(N=Nc2ccc(OC)cc2[N+](=O)[O-])c1=O. The van der Waals surface area contributed by atoms with Gasteiger partial charge in [-0.2, -0.15) is 0 Å². The number of hydrogen-bond donors (Lipinski definition) is 1. The largest absolute Gasteiger partial charge is 0.496 e. The molecule has 0 aliphatic carbocycles. The molecule has 25 heavy (non-hydrogen) atoms. The number of nitro groups is 1. The van der Waals surface area contributed by atoms with E-state index in [1.54, 1.807) is 20.8 Å². The summed E-state index contributed by atoms with van der Waals surface area (Å²) in [4.78, 5) is 23.0. The molecule has 0 unspecified atom stereocenters. The van der Waals surface area contributed by atoms with Crippen molar-refractivity contribution in [1.82, 2.24) is 4.57 Å². The van der Waals surface area contributed by atoms with Crippen LogP contribution in [0.5, 0.6) is 11.6 Å². The van der Waals surface area contributed by atoms with E-state index in [9.17, 15) is 20.0 Å². The van der Waals surface area contributed by atoms with Crippen molar-refractivity contribution < 1.29 is 14.8 Å². The lowest BCUT2D eigenvalue weighted by molar-refractivity contribution is -0.384. The van der Waals surface area contributed by atoms with Crippen LogP contribution < -0.4 is 10.3 Å². The highest BCUT2D eigenvalue weighted by molar-refractivity contribution is 5.60. The predicted molar refractivity (Wildman–Crippen MR) is 91.3 cm³/mol. The van der Waals surface area contributed by atoms with E-state index in [1.165, 1.54) is 29.9 Å². The quantitative estimate of drug-likeness (QED) is 0.504. The fourth-order valence-electron chi connectivity index (χ4n) is 2.31. The van der Waals surface area contributed by atoms with Gasteiger partial charge in [-0.1, -0.05) is 0 Å². The number of nitrogens with zero attached hydrogens (tertiary/aromatic N) is 4. The van der Waals surface area contributed by atoms with Gasteiger partial charge in [-0.05, 0) is 38.5 Å². The summed E-state index contributed by atoms with van der Waals surface area (Å²) < 4.78 is 6.13. The minimum atomic E-state index is -0.601. The van der Waals surface area contributed by atoms with E-state index in [1.807, 2.05) is 0 Å². The molecule has 0 bridgehead atoms. The molecule has 1 heterocycles. The molecule has 2 aromatic rings. The third-order valence-electron chi connectivity index (χ3n) is 3.91. The van der Waals surface area contributed by atoms with Crippen LogP contribution in [0.15, 0.2) is 33.2 Å². The van der Waals surface area contributed by atoms with Gasteiger partial charge in [0.2, 0.25) is 0 Å². The molecule has 2 rings (SSSR count). The molecule has 1 aromatic carbocycles. The summed E-state index contributed by atoms with van der Waals surface area (Å²) in [5.74, 6) is 0.190. The van der Waals surface area contributed by atoms with Crippen molar-refractivity contribution in [2.75, 3.05) is 7.11 Å². The van der Waals surface area contributed by atoms with E-state index in [2.05, 4.69) is 10.2 Å². The fraction of sp³-hybridized carbons (Fsp3) is 0.312. The van der Waals surface area contributed by atoms with E-state index in [-0.39, 0.29) is 29.5 Å². The second-order valence-electron chi connectivity index (χ2n) is 5.28. The molecule has 9 nitrogen and oxygen atoms in total. The van der Waals surface area contributed by atoms with Crippen LogP contribution in [-0.4, -0.2) is 21.7 Å². The number of aromatic hydroxyl groups is 1. The fourth-order valence-corrected chi connectivity index (χ4v) is 2.31. The van der Waals surface area contributed by atoms with Crippen LogP contribution in [0.4, 0.5) is 17.1 Å². The van der Waals surface area contributed by atoms with Crippen LogP contribution in [0.1, 0.15) is 18.1 Å². The smallest absolute Gasteiger partial charge is 0.300 e. The highest BCUT2D eigenvalue weighted by Gasteiger charge is 2.18. The van der Waals surface area contributed by atoms with E-state index >= 15 is 0 Å². The minimum Gasteiger partial charge on any atom is -0.496 e. The second-order valence-corrected chi connectivity index (χ2v) is 5.28. The molecular weight excluding hydrogens is 328 g/mol. The molecule has 0 aliphatic heterocycles. The Morgan fingerprint density at radius 3 is 2.52 bits per heavy atom. The molecule has 0 radical (unpaired) electrons. The molecule has 0 aliphatic rings. The van der Waals surface area contributed by atoms with Gasteiger partial charge < -0.3 is 9.84 Å². The second kappa shape index (κ2) is 7.12. The predicted octanol–water partition coefficient (Wildman–Crippen LogP) is 3.52. The standard InChI is InChI=1S/C16H18N4O5/c1-5-19-15(21)10(3)9(2)14(16(19)22)18-17-12-7-6-11(25-4)8-13(12)20(23)24/h6-8,21H,5H2,1-4H3. The third-order valence-corrected chi connectivity index (χ3v) is 3.91. The van der Waals surface area contributed by atoms with Crippen molar-refractivity contribution in [3.05, 3.63) is 49.8 Å². The van der Waals surface area contributed by atoms with E-state index in [0.717, 1.165) is 0 Å². The average molecular weight is 346 g/mol. The average Bonchev–Trinajstić information content (AvgIpc) is 2.60. The van der Waals surface area contributed by atoms with Crippen molar-refractivity contribution in [2.24, 2.45) is 10.2 Å². The van der Waals surface area contributed by atoms with Crippen molar-refractivity contribution in [2.45, 2.75) is 27.3 Å². The van der Waals surface area contributed by atoms with Gasteiger partial charge in [0.1, 0.15) is 5.75 Å². The number of hydrogen-bond acceptors (Lipinski definition) is 7. The molecule has 9 heteroatoms. The van der Waals surface area contributed by atoms with Gasteiger partial charge in [-0.3, -0.25) is 19.5 Å². The first-order chi connectivity index (χ1) is 11.8. The van der Waals surface area contributed by atoms with Crippen LogP contribution in [0.25, 0.3) is 0 Å². The maximum atomic E-state index is 12.4. The maximum Gasteiger partial charge on any atom is 0.300 e. The Labute approximate surface area is 143 Å². The first-order valence-electron chi connectivity index (χ1n) is 7.48. The van der Waals surface area contributed by atoms with Crippen LogP contribution >= 0.6 is 0 Å². The summed E-state index contributed by atoms with van der Waals surface area (Å²) in [5, 5.41) is 29.0. The molecule has 0 spiro atoms. The van der Waals surface area contributed by atoms with E-state index in [0.29, 0.717) is 16.9 Å². The molecule has 0 saturated heterocycles. The van der Waals surface area contributed by atoms with Gasteiger partial charge >= 0.3 is 0 Å². The summed E-state index contributed by atoms with van der Waals surface area (Å²) in [7, 11) is 1.40. The molecule has 0 atom stereocenters. The number of ether oxygens (including phenoxy) is 1. The topological polar surface area (TPSA) is 119 Å². The van der Waals surface area contributed by atoms with Gasteiger partial charge in [-0.15, -0.1) is 10.2 Å². The molecule has 0 fully saturated rings. The molecule has 0 amide bonds. The van der Waals surface area contributed by atoms with Crippen molar-refractivity contribution in [3.8, 4) is 11.6 Å². The number of aromatic nitrogens is 1. The molecule has 0 saturated carbocycles. The molecular formula is C16H18N4O5. The Morgan fingerprint density at radius 1 is 1.28 bits per heavy atom. The Kier molecular flexibility index (Phi) is 5.16. The van der Waals surface area contributed by atoms with E-state index < -0.39 is 10.5 Å². The number of nitro benzene ring substituents is 1. The van der Waals surface area contributed by atoms with Crippen molar-refractivity contribution in [3.63, 3.8) is 0 Å². The first kappa shape index (κ1) is 18.1. The van der Waals surface area contributed by atoms with Crippen LogP contribution in [0.3, 0.4) is 0 Å². The third kappa shape index (κ3) is 3.35. The van der Waals surface area contributed by atoms with Crippen LogP contribution in [0.2, 0.25) is 0 Å². The Morgan fingerprint density at radius 2 is 1.96 bits per heavy atom. The summed E-state index contributed by atoms with van der Waals surface area (Å²) in [5.41, 5.74) is 0.197. The Balaban J connectivity index is 2.60. The van der Waals surface area contributed by atoms with Crippen molar-refractivity contribution >= 4 is 17.1 Å². The summed E-state index contributed by atoms with van der Waals surface area (Å²) in [6.45, 7) is 5.26. The summed E-state index contributed by atoms with van der Waals surface area (Å²) in [6.07, 6.45) is 0. The van der Waals surface area contributed by atoms with Gasteiger partial charge in [0.05, 0.1) is 18.1 Å². The van der Waals surface area contributed by atoms with Gasteiger partial charge in [0, 0.05) is 12.1 Å². The van der Waals surface area contributed by atoms with Crippen molar-refractivity contribution in [1.29, 1.82) is 0 Å². The lowest BCUT2D eigenvalue weighted by atomic mass is 10.1. The Hall–Kier alpha value is -3.23. The zero-order valence-corrected chi connectivity index (χ0v) is 14.3. The number of methoxy groups -OCH3 is 1. The van der Waals surface area contributed by atoms with Crippen LogP contribution in [0, 0.1) is 24.0 Å². The number of benzene rings is 1. The summed E-state index contributed by atoms with van der Waals surface area (Å²) in [6, 6.07) is 4.13. The van der Waals surface area contributed by atoms with Gasteiger partial charge in [-0.25, -0.2) is 0 Å². The normalized spacial score (nSPS) is 11.0. The minimum absolute atomic E-state index is 0.00150. The summed E-state index contributed by atoms with van der Waals surface area (Å²) >= 11 is 0. The number of pyridine rings is 1. The zero-order chi connectivity index (χ0) is 18.7. The maximum absolute atomic E-state index is 12.4. The van der Waals surface area contributed by atoms with Gasteiger partial charge in [0.15, 0.2) is 17.3 Å². The Bertz CT molecular complexity index is 918. The molecule has 1 aromatic heterocycles. The highest BCUT2D eigenvalue weighted by Crippen LogP contribution is 2.33. The molecule has 132 valence electrons. The highest BCUT2D eigenvalue weighted by atomic mass is 16.6. The lowest BCUT2D eigenvalue weighted by Crippen LogP contribution is -2.20. The van der Waals surface area contributed by atoms with Crippen LogP contribution in [-0.2, 0) is 6.54 Å². The molecule has 1 N–H and O–H groups in total. The zero-order valence-electron chi connectivity index (χ0n) is 14.3.